The smallest absolute Gasteiger partial charge is 0.0146 e. The van der Waals surface area contributed by atoms with Crippen LogP contribution in [0.3, 0.4) is 0 Å². The zero-order chi connectivity index (χ0) is 10.8. The lowest BCUT2D eigenvalue weighted by molar-refractivity contribution is 0.476. The van der Waals surface area contributed by atoms with Crippen LogP contribution >= 0.6 is 0 Å². The Balaban J connectivity index is 3.36. The lowest BCUT2D eigenvalue weighted by Crippen LogP contribution is -2.08. The highest BCUT2D eigenvalue weighted by molar-refractivity contribution is 5.01. The predicted molar refractivity (Wildman–Crippen MR) is 64.2 cm³/mol. The number of rotatable bonds is 6. The molecule has 0 aromatic carbocycles. The van der Waals surface area contributed by atoms with Gasteiger partial charge in [-0.25, -0.2) is 0 Å². The lowest BCUT2D eigenvalue weighted by Gasteiger charge is -2.08. The second-order valence-corrected chi connectivity index (χ2v) is 4.37. The Bertz CT molecular complexity index is 173. The van der Waals surface area contributed by atoms with Crippen LogP contribution in [0.1, 0.15) is 46.5 Å². The van der Waals surface area contributed by atoms with Crippen molar-refractivity contribution in [3.8, 4) is 11.8 Å². The second kappa shape index (κ2) is 9.09. The summed E-state index contributed by atoms with van der Waals surface area (Å²) in [5.74, 6) is 7.79. The Labute approximate surface area is 89.7 Å². The summed E-state index contributed by atoms with van der Waals surface area (Å²) in [7, 11) is 2.01. The maximum absolute atomic E-state index is 3.24. The van der Waals surface area contributed by atoms with Gasteiger partial charge in [0.25, 0.3) is 0 Å². The van der Waals surface area contributed by atoms with E-state index in [1.54, 1.807) is 0 Å². The summed E-state index contributed by atoms with van der Waals surface area (Å²) in [6, 6.07) is 0. The fraction of sp³-hybridized carbons (Fsp3) is 0.846. The van der Waals surface area contributed by atoms with Gasteiger partial charge in [0.15, 0.2) is 0 Å². The van der Waals surface area contributed by atoms with Crippen molar-refractivity contribution in [2.75, 3.05) is 13.6 Å². The van der Waals surface area contributed by atoms with E-state index in [0.29, 0.717) is 5.92 Å². The van der Waals surface area contributed by atoms with Crippen molar-refractivity contribution in [3.05, 3.63) is 0 Å². The molecular formula is C13H25N. The first-order valence-corrected chi connectivity index (χ1v) is 5.79. The van der Waals surface area contributed by atoms with Crippen molar-refractivity contribution < 1.29 is 0 Å². The Morgan fingerprint density at radius 3 is 2.43 bits per heavy atom. The minimum absolute atomic E-state index is 0.523. The third-order valence-electron chi connectivity index (χ3n) is 2.28. The molecule has 0 rings (SSSR count). The van der Waals surface area contributed by atoms with Gasteiger partial charge in [-0.1, -0.05) is 20.8 Å². The van der Waals surface area contributed by atoms with Gasteiger partial charge in [-0.15, -0.1) is 11.8 Å². The number of hydrogen-bond acceptors (Lipinski definition) is 1. The molecule has 0 bridgehead atoms. The number of hydrogen-bond donors (Lipinski definition) is 1. The second-order valence-electron chi connectivity index (χ2n) is 4.37. The van der Waals surface area contributed by atoms with Crippen LogP contribution in [0.25, 0.3) is 0 Å². The topological polar surface area (TPSA) is 12.0 Å². The molecule has 0 saturated carbocycles. The normalized spacial score (nSPS) is 12.4. The molecule has 0 aromatic heterocycles. The molecule has 0 fully saturated rings. The largest absolute Gasteiger partial charge is 0.320 e. The molecule has 0 saturated heterocycles. The van der Waals surface area contributed by atoms with Crippen molar-refractivity contribution in [2.45, 2.75) is 46.5 Å². The molecule has 1 N–H and O–H groups in total. The van der Waals surface area contributed by atoms with Crippen molar-refractivity contribution in [1.82, 2.24) is 5.32 Å². The van der Waals surface area contributed by atoms with Gasteiger partial charge >= 0.3 is 0 Å². The highest BCUT2D eigenvalue weighted by Crippen LogP contribution is 2.11. The summed E-state index contributed by atoms with van der Waals surface area (Å²) < 4.78 is 0. The third kappa shape index (κ3) is 9.61. The SMILES string of the molecule is CNCCCC(C)CCC#CC(C)C. The van der Waals surface area contributed by atoms with Gasteiger partial charge in [0, 0.05) is 12.3 Å². The van der Waals surface area contributed by atoms with Crippen LogP contribution in [0.15, 0.2) is 0 Å². The minimum Gasteiger partial charge on any atom is -0.320 e. The molecule has 0 spiro atoms. The van der Waals surface area contributed by atoms with Crippen LogP contribution < -0.4 is 5.32 Å². The molecule has 14 heavy (non-hydrogen) atoms. The molecule has 0 aliphatic heterocycles. The van der Waals surface area contributed by atoms with Gasteiger partial charge < -0.3 is 5.32 Å². The van der Waals surface area contributed by atoms with Crippen molar-refractivity contribution in [3.63, 3.8) is 0 Å². The highest BCUT2D eigenvalue weighted by atomic mass is 14.8. The molecule has 0 heterocycles. The Morgan fingerprint density at radius 2 is 1.86 bits per heavy atom. The molecule has 0 aliphatic carbocycles. The molecular weight excluding hydrogens is 170 g/mol. The van der Waals surface area contributed by atoms with Crippen LogP contribution in [0.5, 0.6) is 0 Å². The Morgan fingerprint density at radius 1 is 1.14 bits per heavy atom. The third-order valence-corrected chi connectivity index (χ3v) is 2.28. The molecule has 0 amide bonds. The van der Waals surface area contributed by atoms with Crippen LogP contribution in [0.2, 0.25) is 0 Å². The quantitative estimate of drug-likeness (QED) is 0.507. The lowest BCUT2D eigenvalue weighted by atomic mass is 10.00. The number of nitrogens with one attached hydrogen (secondary N) is 1. The summed E-state index contributed by atoms with van der Waals surface area (Å²) in [5, 5.41) is 3.18. The molecule has 82 valence electrons. The monoisotopic (exact) mass is 195 g/mol. The van der Waals surface area contributed by atoms with Crippen molar-refractivity contribution in [1.29, 1.82) is 0 Å². The Kier molecular flexibility index (Phi) is 8.78. The van der Waals surface area contributed by atoms with Gasteiger partial charge in [0.05, 0.1) is 0 Å². The molecule has 1 unspecified atom stereocenters. The van der Waals surface area contributed by atoms with Gasteiger partial charge in [0.2, 0.25) is 0 Å². The van der Waals surface area contributed by atoms with Gasteiger partial charge in [-0.2, -0.15) is 0 Å². The molecule has 1 nitrogen and oxygen atoms in total. The van der Waals surface area contributed by atoms with E-state index in [1.165, 1.54) is 19.3 Å². The predicted octanol–water partition coefficient (Wildman–Crippen LogP) is 3.06. The average Bonchev–Trinajstić information content (AvgIpc) is 2.13. The minimum atomic E-state index is 0.523. The Hall–Kier alpha value is -0.480. The van der Waals surface area contributed by atoms with Crippen LogP contribution in [-0.2, 0) is 0 Å². The molecule has 1 atom stereocenters. The van der Waals surface area contributed by atoms with E-state index >= 15 is 0 Å². The van der Waals surface area contributed by atoms with Crippen LogP contribution in [-0.4, -0.2) is 13.6 Å². The standard InChI is InChI=1S/C13H25N/c1-12(2)8-5-6-9-13(3)10-7-11-14-4/h12-14H,6-7,9-11H2,1-4H3. The van der Waals surface area contributed by atoms with Crippen LogP contribution in [0.4, 0.5) is 0 Å². The maximum atomic E-state index is 3.24. The molecule has 0 radical (unpaired) electrons. The van der Waals surface area contributed by atoms with E-state index in [2.05, 4.69) is 37.9 Å². The summed E-state index contributed by atoms with van der Waals surface area (Å²) in [5.41, 5.74) is 0. The zero-order valence-corrected chi connectivity index (χ0v) is 10.2. The first-order chi connectivity index (χ1) is 6.66. The van der Waals surface area contributed by atoms with Crippen LogP contribution in [0, 0.1) is 23.7 Å². The zero-order valence-electron chi connectivity index (χ0n) is 10.2. The molecule has 0 aliphatic rings. The summed E-state index contributed by atoms with van der Waals surface area (Å²) >= 11 is 0. The highest BCUT2D eigenvalue weighted by Gasteiger charge is 1.99. The van der Waals surface area contributed by atoms with E-state index in [9.17, 15) is 0 Å². The summed E-state index contributed by atoms with van der Waals surface area (Å²) in [6.45, 7) is 7.75. The van der Waals surface area contributed by atoms with E-state index in [-0.39, 0.29) is 0 Å². The average molecular weight is 195 g/mol. The summed E-state index contributed by atoms with van der Waals surface area (Å²) in [4.78, 5) is 0. The maximum Gasteiger partial charge on any atom is 0.0146 e. The van der Waals surface area contributed by atoms with Crippen molar-refractivity contribution in [2.24, 2.45) is 11.8 Å². The molecule has 0 aromatic rings. The molecule has 1 heteroatoms. The van der Waals surface area contributed by atoms with Gasteiger partial charge in [-0.05, 0) is 38.8 Å². The first-order valence-electron chi connectivity index (χ1n) is 5.79. The first kappa shape index (κ1) is 13.5. The fourth-order valence-corrected chi connectivity index (χ4v) is 1.37. The van der Waals surface area contributed by atoms with Crippen molar-refractivity contribution >= 4 is 0 Å². The van der Waals surface area contributed by atoms with Gasteiger partial charge in [0.1, 0.15) is 0 Å². The van der Waals surface area contributed by atoms with E-state index in [4.69, 9.17) is 0 Å². The van der Waals surface area contributed by atoms with Gasteiger partial charge in [-0.3, -0.25) is 0 Å². The summed E-state index contributed by atoms with van der Waals surface area (Å²) in [6.07, 6.45) is 4.93. The van der Waals surface area contributed by atoms with E-state index in [0.717, 1.165) is 18.9 Å². The van der Waals surface area contributed by atoms with E-state index < -0.39 is 0 Å². The fourth-order valence-electron chi connectivity index (χ4n) is 1.37. The van der Waals surface area contributed by atoms with E-state index in [1.807, 2.05) is 7.05 Å².